The normalized spacial score (nSPS) is 23.9. The van der Waals surface area contributed by atoms with E-state index in [-0.39, 0.29) is 6.42 Å². The summed E-state index contributed by atoms with van der Waals surface area (Å²) in [5, 5.41) is 18.8. The minimum Gasteiger partial charge on any atom is -0.481 e. The molecule has 3 atom stereocenters. The predicted molar refractivity (Wildman–Crippen MR) is 73.6 cm³/mol. The molecule has 0 amide bonds. The van der Waals surface area contributed by atoms with E-state index in [0.717, 1.165) is 5.56 Å². The van der Waals surface area contributed by atoms with Gasteiger partial charge in [0.25, 0.3) is 0 Å². The number of aryl methyl sites for hydroxylation is 1. The third-order valence-electron chi connectivity index (χ3n) is 3.88. The first kappa shape index (κ1) is 14.8. The largest absolute Gasteiger partial charge is 0.481 e. The van der Waals surface area contributed by atoms with Gasteiger partial charge in [-0.15, -0.1) is 0 Å². The molecule has 0 aliphatic heterocycles. The average molecular weight is 298 g/mol. The molecule has 1 saturated carbocycles. The number of carboxylic acids is 2. The molecule has 1 aromatic carbocycles. The summed E-state index contributed by atoms with van der Waals surface area (Å²) in [6.07, 6.45) is 0.969. The highest BCUT2D eigenvalue weighted by molar-refractivity contribution is 6.30. The molecule has 0 saturated heterocycles. The van der Waals surface area contributed by atoms with Gasteiger partial charge in [-0.25, -0.2) is 0 Å². The molecule has 0 spiro atoms. The van der Waals surface area contributed by atoms with Gasteiger partial charge in [-0.1, -0.05) is 23.7 Å². The maximum absolute atomic E-state index is 11.4. The minimum atomic E-state index is -1.49. The lowest BCUT2D eigenvalue weighted by Gasteiger charge is -2.25. The minimum absolute atomic E-state index is 0.192. The number of rotatable bonds is 6. The molecule has 6 heteroatoms. The molecule has 1 unspecified atom stereocenters. The lowest BCUT2D eigenvalue weighted by Crippen LogP contribution is -2.51. The fourth-order valence-corrected chi connectivity index (χ4v) is 2.74. The van der Waals surface area contributed by atoms with E-state index in [1.807, 2.05) is 6.07 Å². The van der Waals surface area contributed by atoms with Gasteiger partial charge in [-0.05, 0) is 37.0 Å². The fourth-order valence-electron chi connectivity index (χ4n) is 2.53. The second-order valence-corrected chi connectivity index (χ2v) is 5.70. The van der Waals surface area contributed by atoms with Crippen LogP contribution >= 0.6 is 11.6 Å². The highest BCUT2D eigenvalue weighted by Gasteiger charge is 2.57. The summed E-state index contributed by atoms with van der Waals surface area (Å²) >= 11 is 5.87. The highest BCUT2D eigenvalue weighted by atomic mass is 35.5. The van der Waals surface area contributed by atoms with Gasteiger partial charge in [-0.3, -0.25) is 9.59 Å². The second kappa shape index (κ2) is 5.42. The summed E-state index contributed by atoms with van der Waals surface area (Å²) in [5.74, 6) is -3.27. The van der Waals surface area contributed by atoms with E-state index in [2.05, 4.69) is 0 Å². The van der Waals surface area contributed by atoms with Crippen molar-refractivity contribution in [1.82, 2.24) is 0 Å². The first-order valence-corrected chi connectivity index (χ1v) is 6.72. The van der Waals surface area contributed by atoms with Crippen molar-refractivity contribution >= 4 is 23.5 Å². The molecule has 1 aromatic rings. The fraction of sp³-hybridized carbons (Fsp3) is 0.429. The van der Waals surface area contributed by atoms with Crippen molar-refractivity contribution in [2.45, 2.75) is 24.8 Å². The quantitative estimate of drug-likeness (QED) is 0.743. The molecule has 108 valence electrons. The number of nitrogens with two attached hydrogens (primary N) is 1. The van der Waals surface area contributed by atoms with Crippen LogP contribution in [0.2, 0.25) is 5.02 Å². The summed E-state index contributed by atoms with van der Waals surface area (Å²) in [6.45, 7) is 0. The number of carbonyl (C=O) groups is 2. The van der Waals surface area contributed by atoms with Gasteiger partial charge in [0, 0.05) is 10.9 Å². The zero-order valence-corrected chi connectivity index (χ0v) is 11.5. The molecule has 0 bridgehead atoms. The van der Waals surface area contributed by atoms with Gasteiger partial charge >= 0.3 is 11.9 Å². The molecule has 2 rings (SSSR count). The molecular weight excluding hydrogens is 282 g/mol. The Balaban J connectivity index is 2.07. The van der Waals surface area contributed by atoms with Crippen molar-refractivity contribution in [2.24, 2.45) is 17.6 Å². The maximum atomic E-state index is 11.4. The monoisotopic (exact) mass is 297 g/mol. The van der Waals surface area contributed by atoms with E-state index in [1.54, 1.807) is 18.2 Å². The van der Waals surface area contributed by atoms with E-state index in [9.17, 15) is 14.7 Å². The van der Waals surface area contributed by atoms with Gasteiger partial charge in [0.05, 0.1) is 5.92 Å². The Morgan fingerprint density at radius 3 is 2.60 bits per heavy atom. The van der Waals surface area contributed by atoms with Gasteiger partial charge < -0.3 is 15.9 Å². The predicted octanol–water partition coefficient (Wildman–Crippen LogP) is 1.78. The van der Waals surface area contributed by atoms with Crippen molar-refractivity contribution < 1.29 is 19.8 Å². The van der Waals surface area contributed by atoms with Crippen molar-refractivity contribution in [3.8, 4) is 0 Å². The summed E-state index contributed by atoms with van der Waals surface area (Å²) in [5.41, 5.74) is 5.36. The smallest absolute Gasteiger partial charge is 0.324 e. The van der Waals surface area contributed by atoms with Gasteiger partial charge in [0.2, 0.25) is 0 Å². The van der Waals surface area contributed by atoms with Crippen LogP contribution < -0.4 is 5.73 Å². The number of aliphatic carboxylic acids is 2. The van der Waals surface area contributed by atoms with E-state index >= 15 is 0 Å². The number of carboxylic acid groups (broad SMARTS) is 2. The highest BCUT2D eigenvalue weighted by Crippen LogP contribution is 2.47. The summed E-state index contributed by atoms with van der Waals surface area (Å²) in [7, 11) is 0. The van der Waals surface area contributed by atoms with Gasteiger partial charge in [0.1, 0.15) is 5.54 Å². The number of hydrogen-bond donors (Lipinski definition) is 3. The molecule has 1 aliphatic carbocycles. The Labute approximate surface area is 121 Å². The van der Waals surface area contributed by atoms with Gasteiger partial charge in [-0.2, -0.15) is 0 Å². The van der Waals surface area contributed by atoms with Crippen LogP contribution in [0.15, 0.2) is 24.3 Å². The topological polar surface area (TPSA) is 101 Å². The SMILES string of the molecule is NC(CCc1cccc(Cl)c1)(C(=O)O)[C@H]1C[C@@H]1C(=O)O. The van der Waals surface area contributed by atoms with Crippen LogP contribution in [0.25, 0.3) is 0 Å². The Morgan fingerprint density at radius 1 is 1.40 bits per heavy atom. The molecular formula is C14H16ClNO4. The Hall–Kier alpha value is -1.59. The van der Waals surface area contributed by atoms with Crippen molar-refractivity contribution in [1.29, 1.82) is 0 Å². The van der Waals surface area contributed by atoms with Crippen LogP contribution in [0.4, 0.5) is 0 Å². The Bertz CT molecular complexity index is 548. The van der Waals surface area contributed by atoms with Gasteiger partial charge in [0.15, 0.2) is 0 Å². The zero-order valence-electron chi connectivity index (χ0n) is 10.8. The van der Waals surface area contributed by atoms with Crippen LogP contribution in [-0.2, 0) is 16.0 Å². The summed E-state index contributed by atoms with van der Waals surface area (Å²) in [6, 6.07) is 7.12. The number of benzene rings is 1. The van der Waals surface area contributed by atoms with Crippen LogP contribution in [0.1, 0.15) is 18.4 Å². The van der Waals surface area contributed by atoms with Crippen molar-refractivity contribution in [3.05, 3.63) is 34.9 Å². The third kappa shape index (κ3) is 2.94. The van der Waals surface area contributed by atoms with Crippen LogP contribution in [0, 0.1) is 11.8 Å². The first-order chi connectivity index (χ1) is 9.34. The second-order valence-electron chi connectivity index (χ2n) is 5.26. The van der Waals surface area contributed by atoms with Crippen molar-refractivity contribution in [2.75, 3.05) is 0 Å². The zero-order chi connectivity index (χ0) is 14.9. The molecule has 0 aromatic heterocycles. The maximum Gasteiger partial charge on any atom is 0.324 e. The molecule has 0 heterocycles. The van der Waals surface area contributed by atoms with Crippen LogP contribution in [0.5, 0.6) is 0 Å². The lowest BCUT2D eigenvalue weighted by atomic mass is 9.86. The number of halogens is 1. The molecule has 4 N–H and O–H groups in total. The molecule has 20 heavy (non-hydrogen) atoms. The first-order valence-electron chi connectivity index (χ1n) is 6.34. The molecule has 5 nitrogen and oxygen atoms in total. The molecule has 1 aliphatic rings. The van der Waals surface area contributed by atoms with E-state index in [4.69, 9.17) is 22.4 Å². The summed E-state index contributed by atoms with van der Waals surface area (Å²) in [4.78, 5) is 22.3. The molecule has 1 fully saturated rings. The summed E-state index contributed by atoms with van der Waals surface area (Å²) < 4.78 is 0. The Morgan fingerprint density at radius 2 is 2.10 bits per heavy atom. The van der Waals surface area contributed by atoms with Crippen LogP contribution in [-0.4, -0.2) is 27.7 Å². The van der Waals surface area contributed by atoms with Crippen LogP contribution in [0.3, 0.4) is 0 Å². The average Bonchev–Trinajstić information content (AvgIpc) is 3.16. The standard InChI is InChI=1S/C14H16ClNO4/c15-9-3-1-2-8(6-9)4-5-14(16,13(19)20)11-7-10(11)12(17)18/h1-3,6,10-11H,4-5,7,16H2,(H,17,18)(H,19,20)/t10-,11-,14?/m0/s1. The lowest BCUT2D eigenvalue weighted by molar-refractivity contribution is -0.145. The molecule has 0 radical (unpaired) electrons. The van der Waals surface area contributed by atoms with Crippen molar-refractivity contribution in [3.63, 3.8) is 0 Å². The third-order valence-corrected chi connectivity index (χ3v) is 4.12. The van der Waals surface area contributed by atoms with E-state index in [0.29, 0.717) is 17.9 Å². The van der Waals surface area contributed by atoms with E-state index < -0.39 is 29.3 Å². The Kier molecular flexibility index (Phi) is 4.01. The number of hydrogen-bond acceptors (Lipinski definition) is 3. The van der Waals surface area contributed by atoms with E-state index in [1.165, 1.54) is 0 Å².